The van der Waals surface area contributed by atoms with Gasteiger partial charge >= 0.3 is 6.18 Å². The maximum Gasteiger partial charge on any atom is 0.433 e. The Bertz CT molecular complexity index is 1780. The van der Waals surface area contributed by atoms with Crippen molar-refractivity contribution in [3.05, 3.63) is 70.9 Å². The Morgan fingerprint density at radius 1 is 1.00 bits per heavy atom. The van der Waals surface area contributed by atoms with Gasteiger partial charge in [-0.15, -0.1) is 16.4 Å². The van der Waals surface area contributed by atoms with E-state index in [4.69, 9.17) is 9.15 Å². The summed E-state index contributed by atoms with van der Waals surface area (Å²) in [5.74, 6) is 2.13. The van der Waals surface area contributed by atoms with E-state index in [1.807, 2.05) is 32.0 Å². The van der Waals surface area contributed by atoms with Crippen LogP contribution >= 0.6 is 11.3 Å². The zero-order valence-corrected chi connectivity index (χ0v) is 20.2. The summed E-state index contributed by atoms with van der Waals surface area (Å²) in [7, 11) is 0. The number of pyridine rings is 1. The molecule has 6 aromatic rings. The van der Waals surface area contributed by atoms with Crippen LogP contribution in [0.25, 0.3) is 37.7 Å². The molecule has 5 aromatic heterocycles. The van der Waals surface area contributed by atoms with Crippen molar-refractivity contribution < 1.29 is 22.3 Å². The first-order valence-electron chi connectivity index (χ1n) is 11.0. The Hall–Kier alpha value is -3.99. The van der Waals surface area contributed by atoms with E-state index in [0.29, 0.717) is 44.2 Å². The van der Waals surface area contributed by atoms with Gasteiger partial charge in [-0.05, 0) is 67.8 Å². The molecule has 0 atom stereocenters. The smallest absolute Gasteiger partial charge is 0.433 e. The molecule has 0 unspecified atom stereocenters. The molecular weight excluding hydrogens is 491 g/mol. The fraction of sp³-hybridized carbons (Fsp3) is 0.200. The van der Waals surface area contributed by atoms with Gasteiger partial charge in [-0.2, -0.15) is 13.2 Å². The molecule has 36 heavy (non-hydrogen) atoms. The van der Waals surface area contributed by atoms with Gasteiger partial charge in [0, 0.05) is 5.39 Å². The van der Waals surface area contributed by atoms with Gasteiger partial charge in [-0.3, -0.25) is 0 Å². The van der Waals surface area contributed by atoms with Crippen LogP contribution in [-0.2, 0) is 12.8 Å². The number of aryl methyl sites for hydroxylation is 3. The number of aromatic nitrogens is 5. The highest BCUT2D eigenvalue weighted by atomic mass is 32.1. The van der Waals surface area contributed by atoms with Crippen molar-refractivity contribution in [1.82, 2.24) is 24.6 Å². The van der Waals surface area contributed by atoms with Gasteiger partial charge in [0.15, 0.2) is 11.4 Å². The maximum atomic E-state index is 13.3. The molecule has 0 fully saturated rings. The van der Waals surface area contributed by atoms with Crippen molar-refractivity contribution in [3.63, 3.8) is 0 Å². The van der Waals surface area contributed by atoms with Gasteiger partial charge in [0.2, 0.25) is 5.82 Å². The normalized spacial score (nSPS) is 12.3. The molecular formula is C25H18F3N5O2S. The number of halogens is 3. The van der Waals surface area contributed by atoms with E-state index >= 15 is 0 Å². The van der Waals surface area contributed by atoms with Crippen molar-refractivity contribution in [2.75, 3.05) is 0 Å². The second kappa shape index (κ2) is 8.02. The van der Waals surface area contributed by atoms with Gasteiger partial charge in [-0.1, -0.05) is 6.07 Å². The molecule has 0 N–H and O–H groups in total. The Balaban J connectivity index is 1.34. The third-order valence-electron chi connectivity index (χ3n) is 6.00. The van der Waals surface area contributed by atoms with E-state index in [0.717, 1.165) is 28.7 Å². The molecule has 5 heterocycles. The molecule has 6 rings (SSSR count). The largest absolute Gasteiger partial charge is 0.486 e. The summed E-state index contributed by atoms with van der Waals surface area (Å²) in [6.07, 6.45) is -3.04. The van der Waals surface area contributed by atoms with Crippen LogP contribution in [0.1, 0.15) is 28.1 Å². The van der Waals surface area contributed by atoms with Crippen LogP contribution in [0.2, 0.25) is 0 Å². The van der Waals surface area contributed by atoms with Crippen LogP contribution < -0.4 is 4.74 Å². The number of fused-ring (bicyclic) bond motifs is 5. The van der Waals surface area contributed by atoms with Crippen molar-refractivity contribution in [2.24, 2.45) is 0 Å². The van der Waals surface area contributed by atoms with Crippen molar-refractivity contribution in [2.45, 2.75) is 33.6 Å². The lowest BCUT2D eigenvalue weighted by Gasteiger charge is -2.06. The molecule has 0 bridgehead atoms. The number of hydrogen-bond donors (Lipinski definition) is 0. The van der Waals surface area contributed by atoms with Crippen LogP contribution in [0.3, 0.4) is 0 Å². The maximum absolute atomic E-state index is 13.3. The number of thiophene rings is 1. The van der Waals surface area contributed by atoms with Crippen molar-refractivity contribution >= 4 is 37.4 Å². The Morgan fingerprint density at radius 3 is 2.61 bits per heavy atom. The van der Waals surface area contributed by atoms with Crippen molar-refractivity contribution in [3.8, 4) is 17.3 Å². The quantitative estimate of drug-likeness (QED) is 0.264. The van der Waals surface area contributed by atoms with Gasteiger partial charge < -0.3 is 9.15 Å². The number of alkyl halides is 3. The standard InChI is InChI=1S/C25H18F3N5O2S/c1-12-4-5-15(8-13(12)2)34-10-16-6-7-17(35-16)22-31-23-21-20(29-11-33(23)32-22)19-14(3)9-18(25(26,27)28)30-24(19)36-21/h4-9,11H,10H2,1-3H3. The average molecular weight is 510 g/mol. The van der Waals surface area contributed by atoms with E-state index in [1.54, 1.807) is 19.1 Å². The predicted octanol–water partition coefficient (Wildman–Crippen LogP) is 6.67. The second-order valence-electron chi connectivity index (χ2n) is 8.53. The molecule has 182 valence electrons. The van der Waals surface area contributed by atoms with Crippen LogP contribution in [0.4, 0.5) is 13.2 Å². The van der Waals surface area contributed by atoms with Gasteiger partial charge in [0.05, 0.1) is 5.52 Å². The third kappa shape index (κ3) is 3.76. The second-order valence-corrected chi connectivity index (χ2v) is 9.53. The molecule has 0 aliphatic rings. The first kappa shape index (κ1) is 22.5. The summed E-state index contributed by atoms with van der Waals surface area (Å²) in [5.41, 5.74) is 2.87. The Labute approximate surface area is 206 Å². The van der Waals surface area contributed by atoms with E-state index in [-0.39, 0.29) is 11.4 Å². The fourth-order valence-electron chi connectivity index (χ4n) is 3.99. The summed E-state index contributed by atoms with van der Waals surface area (Å²) >= 11 is 1.11. The summed E-state index contributed by atoms with van der Waals surface area (Å²) in [4.78, 5) is 13.1. The third-order valence-corrected chi connectivity index (χ3v) is 7.07. The van der Waals surface area contributed by atoms with Gasteiger partial charge in [0.1, 0.15) is 39.7 Å². The first-order chi connectivity index (χ1) is 17.2. The minimum Gasteiger partial charge on any atom is -0.486 e. The van der Waals surface area contributed by atoms with E-state index in [1.165, 1.54) is 16.4 Å². The number of hydrogen-bond acceptors (Lipinski definition) is 7. The lowest BCUT2D eigenvalue weighted by Crippen LogP contribution is -2.07. The fourth-order valence-corrected chi connectivity index (χ4v) is 5.17. The van der Waals surface area contributed by atoms with E-state index in [2.05, 4.69) is 20.1 Å². The number of benzene rings is 1. The summed E-state index contributed by atoms with van der Waals surface area (Å²) in [6.45, 7) is 5.93. The molecule has 11 heteroatoms. The Morgan fingerprint density at radius 2 is 1.83 bits per heavy atom. The molecule has 7 nitrogen and oxygen atoms in total. The molecule has 0 saturated heterocycles. The number of rotatable bonds is 4. The minimum absolute atomic E-state index is 0.241. The van der Waals surface area contributed by atoms with Crippen LogP contribution in [-0.4, -0.2) is 24.6 Å². The number of furan rings is 1. The lowest BCUT2D eigenvalue weighted by molar-refractivity contribution is -0.141. The zero-order chi connectivity index (χ0) is 25.2. The molecule has 0 radical (unpaired) electrons. The molecule has 0 amide bonds. The van der Waals surface area contributed by atoms with Gasteiger partial charge in [0.25, 0.3) is 0 Å². The van der Waals surface area contributed by atoms with E-state index < -0.39 is 11.9 Å². The number of ether oxygens (including phenoxy) is 1. The predicted molar refractivity (Wildman–Crippen MR) is 129 cm³/mol. The highest BCUT2D eigenvalue weighted by molar-refractivity contribution is 7.26. The lowest BCUT2D eigenvalue weighted by atomic mass is 10.1. The van der Waals surface area contributed by atoms with Gasteiger partial charge in [-0.25, -0.2) is 19.5 Å². The summed E-state index contributed by atoms with van der Waals surface area (Å²) in [6, 6.07) is 10.5. The minimum atomic E-state index is -4.53. The first-order valence-corrected chi connectivity index (χ1v) is 11.8. The topological polar surface area (TPSA) is 78.3 Å². The highest BCUT2D eigenvalue weighted by Gasteiger charge is 2.33. The molecule has 0 aliphatic heterocycles. The van der Waals surface area contributed by atoms with Crippen LogP contribution in [0.5, 0.6) is 5.75 Å². The summed E-state index contributed by atoms with van der Waals surface area (Å²) < 4.78 is 53.6. The van der Waals surface area contributed by atoms with Crippen LogP contribution in [0, 0.1) is 20.8 Å². The highest BCUT2D eigenvalue weighted by Crippen LogP contribution is 2.38. The molecule has 0 aliphatic carbocycles. The van der Waals surface area contributed by atoms with Crippen molar-refractivity contribution in [1.29, 1.82) is 0 Å². The van der Waals surface area contributed by atoms with Crippen LogP contribution in [0.15, 0.2) is 47.1 Å². The average Bonchev–Trinajstić information content (AvgIpc) is 3.55. The zero-order valence-electron chi connectivity index (χ0n) is 19.3. The molecule has 0 saturated carbocycles. The summed E-state index contributed by atoms with van der Waals surface area (Å²) in [5, 5.41) is 5.03. The molecule has 1 aromatic carbocycles. The van der Waals surface area contributed by atoms with E-state index in [9.17, 15) is 13.2 Å². The Kier molecular flexibility index (Phi) is 5.01. The molecule has 0 spiro atoms. The SMILES string of the molecule is Cc1ccc(OCc2ccc(-c3nc4c5sc6nc(C(F)(F)F)cc(C)c6c5ncn4n3)o2)cc1C. The monoisotopic (exact) mass is 509 g/mol. The number of nitrogens with zero attached hydrogens (tertiary/aromatic N) is 5.